The number of nitro groups is 1. The van der Waals surface area contributed by atoms with Crippen LogP contribution in [-0.2, 0) is 10.0 Å². The van der Waals surface area contributed by atoms with Crippen LogP contribution in [0.2, 0.25) is 0 Å². The summed E-state index contributed by atoms with van der Waals surface area (Å²) in [6.07, 6.45) is 0.818. The van der Waals surface area contributed by atoms with Crippen LogP contribution in [0, 0.1) is 16.0 Å². The van der Waals surface area contributed by atoms with Gasteiger partial charge >= 0.3 is 5.69 Å². The van der Waals surface area contributed by atoms with E-state index >= 15 is 0 Å². The summed E-state index contributed by atoms with van der Waals surface area (Å²) in [5, 5.41) is 11.0. The summed E-state index contributed by atoms with van der Waals surface area (Å²) in [6.45, 7) is 4.17. The van der Waals surface area contributed by atoms with E-state index in [2.05, 4.69) is 0 Å². The van der Waals surface area contributed by atoms with Crippen molar-refractivity contribution in [1.82, 2.24) is 4.31 Å². The summed E-state index contributed by atoms with van der Waals surface area (Å²) in [5.41, 5.74) is 4.80. The zero-order valence-electron chi connectivity index (χ0n) is 11.7. The Kier molecular flexibility index (Phi) is 5.07. The number of para-hydroxylation sites is 1. The molecular formula is C12H19N3O4S. The van der Waals surface area contributed by atoms with Crippen molar-refractivity contribution in [3.05, 3.63) is 28.3 Å². The van der Waals surface area contributed by atoms with Crippen LogP contribution >= 0.6 is 0 Å². The minimum atomic E-state index is -3.93. The molecule has 2 N–H and O–H groups in total. The highest BCUT2D eigenvalue weighted by Gasteiger charge is 2.31. The van der Waals surface area contributed by atoms with Gasteiger partial charge in [0.2, 0.25) is 10.0 Å². The predicted octanol–water partition coefficient (Wildman–Crippen LogP) is 1.84. The van der Waals surface area contributed by atoms with Gasteiger partial charge in [-0.1, -0.05) is 26.3 Å². The van der Waals surface area contributed by atoms with E-state index in [0.717, 1.165) is 10.7 Å². The number of anilines is 1. The fraction of sp³-hybridized carbons (Fsp3) is 0.500. The standard InChI is InChI=1S/C12H19N3O4S/c1-4-9(2)8-14(3)20(18,19)11-7-5-6-10(13)12(11)15(16)17/h5-7,9H,4,8,13H2,1-3H3. The molecule has 20 heavy (non-hydrogen) atoms. The van der Waals surface area contributed by atoms with E-state index in [-0.39, 0.29) is 16.5 Å². The maximum absolute atomic E-state index is 12.4. The van der Waals surface area contributed by atoms with Crippen molar-refractivity contribution < 1.29 is 13.3 Å². The molecule has 0 amide bonds. The zero-order valence-corrected chi connectivity index (χ0v) is 12.6. The molecule has 1 atom stereocenters. The first-order valence-electron chi connectivity index (χ1n) is 6.21. The van der Waals surface area contributed by atoms with Gasteiger partial charge in [-0.3, -0.25) is 10.1 Å². The van der Waals surface area contributed by atoms with E-state index in [1.54, 1.807) is 0 Å². The van der Waals surface area contributed by atoms with Gasteiger partial charge in [0.25, 0.3) is 0 Å². The Bertz CT molecular complexity index is 601. The molecule has 0 saturated carbocycles. The van der Waals surface area contributed by atoms with E-state index in [0.29, 0.717) is 6.54 Å². The highest BCUT2D eigenvalue weighted by molar-refractivity contribution is 7.89. The minimum absolute atomic E-state index is 0.159. The first kappa shape index (κ1) is 16.4. The van der Waals surface area contributed by atoms with Gasteiger partial charge in [-0.15, -0.1) is 0 Å². The Labute approximate surface area is 118 Å². The lowest BCUT2D eigenvalue weighted by molar-refractivity contribution is -0.386. The van der Waals surface area contributed by atoms with Gasteiger partial charge in [-0.25, -0.2) is 12.7 Å². The first-order chi connectivity index (χ1) is 9.21. The molecule has 112 valence electrons. The number of hydrogen-bond donors (Lipinski definition) is 1. The second-order valence-electron chi connectivity index (χ2n) is 4.75. The smallest absolute Gasteiger partial charge is 0.312 e. The molecule has 1 aromatic carbocycles. The second kappa shape index (κ2) is 6.19. The molecular weight excluding hydrogens is 282 g/mol. The molecule has 0 spiro atoms. The summed E-state index contributed by atoms with van der Waals surface area (Å²) in [5.74, 6) is 0.162. The van der Waals surface area contributed by atoms with Crippen molar-refractivity contribution in [1.29, 1.82) is 0 Å². The molecule has 0 heterocycles. The molecule has 0 aliphatic rings. The van der Waals surface area contributed by atoms with E-state index in [4.69, 9.17) is 5.73 Å². The third kappa shape index (κ3) is 3.26. The first-order valence-corrected chi connectivity index (χ1v) is 7.65. The van der Waals surface area contributed by atoms with Gasteiger partial charge < -0.3 is 5.73 Å². The maximum atomic E-state index is 12.4. The van der Waals surface area contributed by atoms with Crippen LogP contribution < -0.4 is 5.73 Å². The molecule has 0 aliphatic heterocycles. The van der Waals surface area contributed by atoms with Crippen LogP contribution in [0.25, 0.3) is 0 Å². The molecule has 0 bridgehead atoms. The number of hydrogen-bond acceptors (Lipinski definition) is 5. The zero-order chi connectivity index (χ0) is 15.5. The Balaban J connectivity index is 3.29. The van der Waals surface area contributed by atoms with Gasteiger partial charge in [0.1, 0.15) is 5.69 Å². The van der Waals surface area contributed by atoms with Crippen LogP contribution in [0.5, 0.6) is 0 Å². The van der Waals surface area contributed by atoms with Gasteiger partial charge in [-0.05, 0) is 18.1 Å². The monoisotopic (exact) mass is 301 g/mol. The number of nitrogen functional groups attached to an aromatic ring is 1. The molecule has 1 rings (SSSR count). The lowest BCUT2D eigenvalue weighted by Crippen LogP contribution is -2.31. The van der Waals surface area contributed by atoms with Crippen LogP contribution in [0.15, 0.2) is 23.1 Å². The molecule has 8 heteroatoms. The average Bonchev–Trinajstić information content (AvgIpc) is 2.37. The van der Waals surface area contributed by atoms with Crippen LogP contribution in [0.1, 0.15) is 20.3 Å². The number of nitro benzene ring substituents is 1. The number of benzene rings is 1. The summed E-state index contributed by atoms with van der Waals surface area (Å²) in [7, 11) is -2.52. The van der Waals surface area contributed by atoms with Crippen molar-refractivity contribution >= 4 is 21.4 Å². The van der Waals surface area contributed by atoms with Gasteiger partial charge in [0.05, 0.1) is 4.92 Å². The fourth-order valence-corrected chi connectivity index (χ4v) is 3.25. The fourth-order valence-electron chi connectivity index (χ4n) is 1.78. The lowest BCUT2D eigenvalue weighted by atomic mass is 10.1. The van der Waals surface area contributed by atoms with E-state index in [1.165, 1.54) is 25.2 Å². The second-order valence-corrected chi connectivity index (χ2v) is 6.76. The summed E-state index contributed by atoms with van der Waals surface area (Å²) < 4.78 is 26.0. The Morgan fingerprint density at radius 3 is 2.55 bits per heavy atom. The minimum Gasteiger partial charge on any atom is -0.393 e. The maximum Gasteiger partial charge on any atom is 0.312 e. The summed E-state index contributed by atoms with van der Waals surface area (Å²) in [4.78, 5) is 9.90. The van der Waals surface area contributed by atoms with E-state index < -0.39 is 20.6 Å². The normalized spacial score (nSPS) is 13.4. The number of sulfonamides is 1. The van der Waals surface area contributed by atoms with Gasteiger partial charge in [0, 0.05) is 13.6 Å². The van der Waals surface area contributed by atoms with Crippen LogP contribution in [0.3, 0.4) is 0 Å². The van der Waals surface area contributed by atoms with Crippen LogP contribution in [0.4, 0.5) is 11.4 Å². The Hall–Kier alpha value is -1.67. The number of rotatable bonds is 6. The van der Waals surface area contributed by atoms with Crippen molar-refractivity contribution in [2.75, 3.05) is 19.3 Å². The lowest BCUT2D eigenvalue weighted by Gasteiger charge is -2.20. The SMILES string of the molecule is CCC(C)CN(C)S(=O)(=O)c1cccc(N)c1[N+](=O)[O-]. The Morgan fingerprint density at radius 1 is 1.45 bits per heavy atom. The molecule has 0 fully saturated rings. The Morgan fingerprint density at radius 2 is 2.05 bits per heavy atom. The molecule has 1 unspecified atom stereocenters. The van der Waals surface area contributed by atoms with E-state index in [1.807, 2.05) is 13.8 Å². The summed E-state index contributed by atoms with van der Waals surface area (Å²) in [6, 6.07) is 3.91. The topological polar surface area (TPSA) is 107 Å². The third-order valence-corrected chi connectivity index (χ3v) is 5.02. The molecule has 0 radical (unpaired) electrons. The molecule has 1 aromatic rings. The quantitative estimate of drug-likeness (QED) is 0.490. The van der Waals surface area contributed by atoms with Gasteiger partial charge in [0.15, 0.2) is 4.90 Å². The molecule has 0 aromatic heterocycles. The highest BCUT2D eigenvalue weighted by Crippen LogP contribution is 2.31. The highest BCUT2D eigenvalue weighted by atomic mass is 32.2. The number of nitrogens with zero attached hydrogens (tertiary/aromatic N) is 2. The average molecular weight is 301 g/mol. The third-order valence-electron chi connectivity index (χ3n) is 3.17. The van der Waals surface area contributed by atoms with Crippen molar-refractivity contribution in [3.63, 3.8) is 0 Å². The predicted molar refractivity (Wildman–Crippen MR) is 76.8 cm³/mol. The van der Waals surface area contributed by atoms with Crippen molar-refractivity contribution in [3.8, 4) is 0 Å². The largest absolute Gasteiger partial charge is 0.393 e. The van der Waals surface area contributed by atoms with Gasteiger partial charge in [-0.2, -0.15) is 0 Å². The molecule has 0 saturated heterocycles. The molecule has 7 nitrogen and oxygen atoms in total. The van der Waals surface area contributed by atoms with Crippen molar-refractivity contribution in [2.24, 2.45) is 5.92 Å². The van der Waals surface area contributed by atoms with Crippen LogP contribution in [-0.4, -0.2) is 31.2 Å². The molecule has 0 aliphatic carbocycles. The van der Waals surface area contributed by atoms with E-state index in [9.17, 15) is 18.5 Å². The summed E-state index contributed by atoms with van der Waals surface area (Å²) >= 11 is 0. The number of nitrogens with two attached hydrogens (primary N) is 1. The van der Waals surface area contributed by atoms with Crippen molar-refractivity contribution in [2.45, 2.75) is 25.2 Å².